The lowest BCUT2D eigenvalue weighted by molar-refractivity contribution is 0.00845. The molecule has 0 bridgehead atoms. The van der Waals surface area contributed by atoms with E-state index in [-0.39, 0.29) is 0 Å². The molecule has 1 fully saturated rings. The molecule has 1 rings (SSSR count). The second-order valence-corrected chi connectivity index (χ2v) is 4.85. The summed E-state index contributed by atoms with van der Waals surface area (Å²) in [6, 6.07) is 0. The molecule has 2 heteroatoms. The van der Waals surface area contributed by atoms with Crippen molar-refractivity contribution < 1.29 is 9.84 Å². The van der Waals surface area contributed by atoms with Crippen LogP contribution in [0.25, 0.3) is 0 Å². The van der Waals surface area contributed by atoms with E-state index in [4.69, 9.17) is 4.74 Å². The predicted octanol–water partition coefficient (Wildman–Crippen LogP) is 3.28. The van der Waals surface area contributed by atoms with E-state index in [9.17, 15) is 5.11 Å². The van der Waals surface area contributed by atoms with Gasteiger partial charge in [0.2, 0.25) is 0 Å². The van der Waals surface area contributed by atoms with E-state index < -0.39 is 5.60 Å². The van der Waals surface area contributed by atoms with Gasteiger partial charge in [0.25, 0.3) is 0 Å². The Bertz CT molecular complexity index is 149. The molecule has 0 amide bonds. The summed E-state index contributed by atoms with van der Waals surface area (Å²) in [5.74, 6) is 0. The van der Waals surface area contributed by atoms with Crippen molar-refractivity contribution in [2.24, 2.45) is 0 Å². The van der Waals surface area contributed by atoms with Crippen molar-refractivity contribution in [3.05, 3.63) is 0 Å². The Kier molecular flexibility index (Phi) is 6.26. The molecule has 15 heavy (non-hydrogen) atoms. The summed E-state index contributed by atoms with van der Waals surface area (Å²) in [4.78, 5) is 0. The first-order chi connectivity index (χ1) is 7.27. The van der Waals surface area contributed by atoms with Gasteiger partial charge in [-0.05, 0) is 25.7 Å². The van der Waals surface area contributed by atoms with Crippen LogP contribution in [0.15, 0.2) is 0 Å². The molecule has 0 aliphatic carbocycles. The fourth-order valence-corrected chi connectivity index (χ4v) is 2.30. The van der Waals surface area contributed by atoms with Crippen LogP contribution in [0, 0.1) is 0 Å². The van der Waals surface area contributed by atoms with Gasteiger partial charge >= 0.3 is 0 Å². The standard InChI is InChI=1S/C13H26O2/c1-2-3-4-5-6-8-13(14)9-7-11-15-12-10-13/h14H,2-12H2,1H3. The van der Waals surface area contributed by atoms with Crippen LogP contribution in [0.1, 0.15) is 64.7 Å². The second-order valence-electron chi connectivity index (χ2n) is 4.85. The maximum Gasteiger partial charge on any atom is 0.0670 e. The largest absolute Gasteiger partial charge is 0.390 e. The van der Waals surface area contributed by atoms with Gasteiger partial charge in [0.1, 0.15) is 0 Å². The van der Waals surface area contributed by atoms with Crippen molar-refractivity contribution in [1.29, 1.82) is 0 Å². The Morgan fingerprint density at radius 1 is 1.07 bits per heavy atom. The second kappa shape index (κ2) is 7.24. The molecule has 2 nitrogen and oxygen atoms in total. The minimum atomic E-state index is -0.414. The van der Waals surface area contributed by atoms with Gasteiger partial charge in [0.15, 0.2) is 0 Å². The smallest absolute Gasteiger partial charge is 0.0670 e. The Balaban J connectivity index is 2.11. The lowest BCUT2D eigenvalue weighted by Crippen LogP contribution is -2.28. The van der Waals surface area contributed by atoms with Gasteiger partial charge in [0, 0.05) is 13.2 Å². The van der Waals surface area contributed by atoms with E-state index in [0.29, 0.717) is 0 Å². The third-order valence-electron chi connectivity index (χ3n) is 3.39. The Morgan fingerprint density at radius 2 is 1.87 bits per heavy atom. The third kappa shape index (κ3) is 5.53. The highest BCUT2D eigenvalue weighted by Crippen LogP contribution is 2.27. The van der Waals surface area contributed by atoms with Gasteiger partial charge in [-0.2, -0.15) is 0 Å². The van der Waals surface area contributed by atoms with Crippen LogP contribution in [-0.4, -0.2) is 23.9 Å². The molecular formula is C13H26O2. The van der Waals surface area contributed by atoms with Crippen LogP contribution in [-0.2, 0) is 4.74 Å². The van der Waals surface area contributed by atoms with Gasteiger partial charge in [-0.1, -0.05) is 39.0 Å². The normalized spacial score (nSPS) is 27.6. The topological polar surface area (TPSA) is 29.5 Å². The zero-order valence-corrected chi connectivity index (χ0v) is 10.1. The summed E-state index contributed by atoms with van der Waals surface area (Å²) < 4.78 is 5.37. The van der Waals surface area contributed by atoms with Crippen LogP contribution in [0.2, 0.25) is 0 Å². The van der Waals surface area contributed by atoms with Gasteiger partial charge in [-0.15, -0.1) is 0 Å². The van der Waals surface area contributed by atoms with Gasteiger partial charge in [-0.3, -0.25) is 0 Å². The highest BCUT2D eigenvalue weighted by atomic mass is 16.5. The molecule has 1 heterocycles. The number of aliphatic hydroxyl groups is 1. The Labute approximate surface area is 94.0 Å². The van der Waals surface area contributed by atoms with Crippen molar-refractivity contribution in [1.82, 2.24) is 0 Å². The van der Waals surface area contributed by atoms with Crippen LogP contribution in [0.3, 0.4) is 0 Å². The number of hydrogen-bond donors (Lipinski definition) is 1. The van der Waals surface area contributed by atoms with Crippen molar-refractivity contribution in [2.75, 3.05) is 13.2 Å². The lowest BCUT2D eigenvalue weighted by Gasteiger charge is -2.25. The Hall–Kier alpha value is -0.0800. The van der Waals surface area contributed by atoms with E-state index in [1.54, 1.807) is 0 Å². The molecule has 0 spiro atoms. The van der Waals surface area contributed by atoms with E-state index in [2.05, 4.69) is 6.92 Å². The SMILES string of the molecule is CCCCCCCC1(O)CCCOCC1. The highest BCUT2D eigenvalue weighted by molar-refractivity contribution is 4.79. The predicted molar refractivity (Wildman–Crippen MR) is 63.0 cm³/mol. The van der Waals surface area contributed by atoms with Crippen molar-refractivity contribution in [2.45, 2.75) is 70.3 Å². The van der Waals surface area contributed by atoms with E-state index in [1.807, 2.05) is 0 Å². The monoisotopic (exact) mass is 214 g/mol. The minimum Gasteiger partial charge on any atom is -0.390 e. The summed E-state index contributed by atoms with van der Waals surface area (Å²) in [7, 11) is 0. The molecular weight excluding hydrogens is 188 g/mol. The zero-order chi connectivity index (χ0) is 11.0. The van der Waals surface area contributed by atoms with Gasteiger partial charge in [-0.25, -0.2) is 0 Å². The van der Waals surface area contributed by atoms with Crippen LogP contribution >= 0.6 is 0 Å². The molecule has 0 aromatic rings. The molecule has 1 aliphatic rings. The number of unbranched alkanes of at least 4 members (excludes halogenated alkanes) is 4. The molecule has 0 aromatic heterocycles. The highest BCUT2D eigenvalue weighted by Gasteiger charge is 2.27. The summed E-state index contributed by atoms with van der Waals surface area (Å²) >= 11 is 0. The summed E-state index contributed by atoms with van der Waals surface area (Å²) in [5.41, 5.74) is -0.414. The first kappa shape index (κ1) is 13.0. The van der Waals surface area contributed by atoms with Gasteiger partial charge < -0.3 is 9.84 Å². The Morgan fingerprint density at radius 3 is 2.67 bits per heavy atom. The van der Waals surface area contributed by atoms with Crippen LogP contribution in [0.5, 0.6) is 0 Å². The van der Waals surface area contributed by atoms with Crippen molar-refractivity contribution in [3.8, 4) is 0 Å². The molecule has 1 aliphatic heterocycles. The maximum absolute atomic E-state index is 10.3. The molecule has 1 saturated heterocycles. The first-order valence-corrected chi connectivity index (χ1v) is 6.57. The molecule has 0 saturated carbocycles. The minimum absolute atomic E-state index is 0.414. The van der Waals surface area contributed by atoms with Crippen molar-refractivity contribution in [3.63, 3.8) is 0 Å². The molecule has 90 valence electrons. The zero-order valence-electron chi connectivity index (χ0n) is 10.1. The third-order valence-corrected chi connectivity index (χ3v) is 3.39. The van der Waals surface area contributed by atoms with Crippen molar-refractivity contribution >= 4 is 0 Å². The molecule has 0 radical (unpaired) electrons. The number of rotatable bonds is 6. The lowest BCUT2D eigenvalue weighted by atomic mass is 9.89. The fourth-order valence-electron chi connectivity index (χ4n) is 2.30. The summed E-state index contributed by atoms with van der Waals surface area (Å²) in [6.45, 7) is 3.81. The average Bonchev–Trinajstić information content (AvgIpc) is 2.43. The molecule has 1 N–H and O–H groups in total. The fraction of sp³-hybridized carbons (Fsp3) is 1.00. The summed E-state index contributed by atoms with van der Waals surface area (Å²) in [6.07, 6.45) is 10.2. The van der Waals surface area contributed by atoms with Crippen LogP contribution < -0.4 is 0 Å². The first-order valence-electron chi connectivity index (χ1n) is 6.57. The molecule has 1 atom stereocenters. The van der Waals surface area contributed by atoms with E-state index in [1.165, 1.54) is 32.1 Å². The average molecular weight is 214 g/mol. The van der Waals surface area contributed by atoms with E-state index >= 15 is 0 Å². The van der Waals surface area contributed by atoms with E-state index in [0.717, 1.165) is 38.9 Å². The summed E-state index contributed by atoms with van der Waals surface area (Å²) in [5, 5.41) is 10.3. The van der Waals surface area contributed by atoms with Crippen LogP contribution in [0.4, 0.5) is 0 Å². The molecule has 1 unspecified atom stereocenters. The quantitative estimate of drug-likeness (QED) is 0.688. The molecule has 0 aromatic carbocycles. The maximum atomic E-state index is 10.3. The van der Waals surface area contributed by atoms with Gasteiger partial charge in [0.05, 0.1) is 5.60 Å². The number of hydrogen-bond acceptors (Lipinski definition) is 2. The number of ether oxygens (including phenoxy) is 1.